The van der Waals surface area contributed by atoms with Gasteiger partial charge in [-0.3, -0.25) is 0 Å². The highest BCUT2D eigenvalue weighted by atomic mass is 35.5. The minimum Gasteiger partial charge on any atom is -0.504 e. The highest BCUT2D eigenvalue weighted by Crippen LogP contribution is 2.41. The fraction of sp³-hybridized carbons (Fsp3) is 0.455. The maximum atomic E-state index is 9.68. The summed E-state index contributed by atoms with van der Waals surface area (Å²) in [6, 6.07) is 3.09. The fourth-order valence-electron chi connectivity index (χ4n) is 1.48. The van der Waals surface area contributed by atoms with Gasteiger partial charge in [-0.15, -0.1) is 0 Å². The van der Waals surface area contributed by atoms with E-state index in [1.165, 1.54) is 19.6 Å². The van der Waals surface area contributed by atoms with Gasteiger partial charge in [-0.2, -0.15) is 0 Å². The van der Waals surface area contributed by atoms with Gasteiger partial charge >= 0.3 is 0 Å². The number of phenols is 1. The average Bonchev–Trinajstić information content (AvgIpc) is 2.12. The Balaban J connectivity index is 2.26. The predicted molar refractivity (Wildman–Crippen MR) is 57.9 cm³/mol. The van der Waals surface area contributed by atoms with Crippen LogP contribution in [0.3, 0.4) is 0 Å². The van der Waals surface area contributed by atoms with Gasteiger partial charge in [0.15, 0.2) is 11.5 Å². The second-order valence-electron chi connectivity index (χ2n) is 3.63. The predicted octanol–water partition coefficient (Wildman–Crippen LogP) is 2.99. The second kappa shape index (κ2) is 4.19. The van der Waals surface area contributed by atoms with Crippen LogP contribution in [0.2, 0.25) is 5.02 Å². The van der Waals surface area contributed by atoms with Crippen molar-refractivity contribution < 1.29 is 14.6 Å². The molecular weight excluding hydrogens is 216 g/mol. The summed E-state index contributed by atoms with van der Waals surface area (Å²) in [5.41, 5.74) is 0. The van der Waals surface area contributed by atoms with Crippen molar-refractivity contribution in [1.29, 1.82) is 0 Å². The number of rotatable bonds is 3. The normalized spacial score (nSPS) is 15.9. The third-order valence-corrected chi connectivity index (χ3v) is 2.77. The monoisotopic (exact) mass is 228 g/mol. The molecule has 0 aromatic heterocycles. The molecule has 82 valence electrons. The lowest BCUT2D eigenvalue weighted by Crippen LogP contribution is -2.24. The van der Waals surface area contributed by atoms with Crippen molar-refractivity contribution in [2.75, 3.05) is 7.11 Å². The summed E-state index contributed by atoms with van der Waals surface area (Å²) >= 11 is 5.79. The van der Waals surface area contributed by atoms with Gasteiger partial charge in [-0.05, 0) is 19.3 Å². The van der Waals surface area contributed by atoms with Crippen LogP contribution in [0.1, 0.15) is 19.3 Å². The van der Waals surface area contributed by atoms with Gasteiger partial charge in [0, 0.05) is 17.2 Å². The van der Waals surface area contributed by atoms with Crippen LogP contribution >= 0.6 is 11.6 Å². The minimum absolute atomic E-state index is 0.0336. The molecule has 1 saturated carbocycles. The van der Waals surface area contributed by atoms with Crippen LogP contribution in [-0.2, 0) is 0 Å². The van der Waals surface area contributed by atoms with Crippen LogP contribution in [0.25, 0.3) is 0 Å². The Morgan fingerprint density at radius 2 is 2.13 bits per heavy atom. The Morgan fingerprint density at radius 1 is 1.40 bits per heavy atom. The minimum atomic E-state index is 0.0336. The molecule has 1 fully saturated rings. The van der Waals surface area contributed by atoms with E-state index in [1.807, 2.05) is 0 Å². The first-order valence-electron chi connectivity index (χ1n) is 4.94. The molecule has 0 spiro atoms. The average molecular weight is 229 g/mol. The molecule has 0 heterocycles. The Morgan fingerprint density at radius 3 is 2.67 bits per heavy atom. The Labute approximate surface area is 93.6 Å². The highest BCUT2D eigenvalue weighted by molar-refractivity contribution is 6.31. The van der Waals surface area contributed by atoms with E-state index in [-0.39, 0.29) is 11.9 Å². The van der Waals surface area contributed by atoms with Gasteiger partial charge in [-0.25, -0.2) is 0 Å². The second-order valence-corrected chi connectivity index (χ2v) is 4.06. The standard InChI is InChI=1S/C11H13ClO3/c1-14-10-6-7(12)5-9(13)11(10)15-8-3-2-4-8/h5-6,8,13H,2-4H2,1H3. The van der Waals surface area contributed by atoms with Crippen molar-refractivity contribution in [3.8, 4) is 17.2 Å². The highest BCUT2D eigenvalue weighted by Gasteiger charge is 2.23. The van der Waals surface area contributed by atoms with Gasteiger partial charge in [0.05, 0.1) is 13.2 Å². The van der Waals surface area contributed by atoms with Gasteiger partial charge in [0.1, 0.15) is 0 Å². The molecule has 0 radical (unpaired) electrons. The summed E-state index contributed by atoms with van der Waals surface area (Å²) in [5.74, 6) is 0.907. The summed E-state index contributed by atoms with van der Waals surface area (Å²) in [4.78, 5) is 0. The molecular formula is C11H13ClO3. The number of ether oxygens (including phenoxy) is 2. The van der Waals surface area contributed by atoms with E-state index in [4.69, 9.17) is 21.1 Å². The first kappa shape index (κ1) is 10.4. The van der Waals surface area contributed by atoms with E-state index in [9.17, 15) is 5.11 Å². The van der Waals surface area contributed by atoms with Gasteiger partial charge in [0.2, 0.25) is 5.75 Å². The zero-order valence-corrected chi connectivity index (χ0v) is 9.25. The molecule has 0 amide bonds. The van der Waals surface area contributed by atoms with Gasteiger partial charge in [-0.1, -0.05) is 11.6 Å². The van der Waals surface area contributed by atoms with Crippen molar-refractivity contribution in [3.63, 3.8) is 0 Å². The van der Waals surface area contributed by atoms with Crippen molar-refractivity contribution in [2.45, 2.75) is 25.4 Å². The van der Waals surface area contributed by atoms with Gasteiger partial charge < -0.3 is 14.6 Å². The number of halogens is 1. The SMILES string of the molecule is COc1cc(Cl)cc(O)c1OC1CCC1. The summed E-state index contributed by atoms with van der Waals surface area (Å²) in [6.07, 6.45) is 3.45. The van der Waals surface area contributed by atoms with Crippen LogP contribution < -0.4 is 9.47 Å². The third-order valence-electron chi connectivity index (χ3n) is 2.56. The lowest BCUT2D eigenvalue weighted by molar-refractivity contribution is 0.112. The molecule has 0 unspecified atom stereocenters. The third kappa shape index (κ3) is 2.12. The number of hydrogen-bond acceptors (Lipinski definition) is 3. The zero-order chi connectivity index (χ0) is 10.8. The van der Waals surface area contributed by atoms with E-state index in [1.54, 1.807) is 6.07 Å². The number of methoxy groups -OCH3 is 1. The van der Waals surface area contributed by atoms with Crippen LogP contribution in [0, 0.1) is 0 Å². The lowest BCUT2D eigenvalue weighted by Gasteiger charge is -2.27. The summed E-state index contributed by atoms with van der Waals surface area (Å²) in [6.45, 7) is 0. The molecule has 1 aliphatic carbocycles. The molecule has 15 heavy (non-hydrogen) atoms. The molecule has 1 aliphatic rings. The number of hydrogen-bond donors (Lipinski definition) is 1. The molecule has 1 N–H and O–H groups in total. The number of aromatic hydroxyl groups is 1. The molecule has 0 saturated heterocycles. The summed E-state index contributed by atoms with van der Waals surface area (Å²) in [7, 11) is 1.53. The van der Waals surface area contributed by atoms with E-state index in [2.05, 4.69) is 0 Å². The molecule has 2 rings (SSSR count). The lowest BCUT2D eigenvalue weighted by atomic mass is 9.96. The number of benzene rings is 1. The quantitative estimate of drug-likeness (QED) is 0.865. The molecule has 1 aromatic carbocycles. The van der Waals surface area contributed by atoms with Crippen LogP contribution in [-0.4, -0.2) is 18.3 Å². The summed E-state index contributed by atoms with van der Waals surface area (Å²) < 4.78 is 10.7. The zero-order valence-electron chi connectivity index (χ0n) is 8.50. The smallest absolute Gasteiger partial charge is 0.203 e. The Hall–Kier alpha value is -1.09. The van der Waals surface area contributed by atoms with Crippen molar-refractivity contribution in [1.82, 2.24) is 0 Å². The van der Waals surface area contributed by atoms with E-state index in [0.717, 1.165) is 12.8 Å². The fourth-order valence-corrected chi connectivity index (χ4v) is 1.68. The van der Waals surface area contributed by atoms with E-state index in [0.29, 0.717) is 16.5 Å². The van der Waals surface area contributed by atoms with E-state index < -0.39 is 0 Å². The summed E-state index contributed by atoms with van der Waals surface area (Å²) in [5, 5.41) is 10.1. The van der Waals surface area contributed by atoms with Crippen molar-refractivity contribution in [2.24, 2.45) is 0 Å². The van der Waals surface area contributed by atoms with E-state index >= 15 is 0 Å². The maximum absolute atomic E-state index is 9.68. The first-order valence-corrected chi connectivity index (χ1v) is 5.31. The van der Waals surface area contributed by atoms with Crippen molar-refractivity contribution >= 4 is 11.6 Å². The molecule has 0 atom stereocenters. The molecule has 3 nitrogen and oxygen atoms in total. The van der Waals surface area contributed by atoms with Crippen LogP contribution in [0.4, 0.5) is 0 Å². The molecule has 0 aliphatic heterocycles. The maximum Gasteiger partial charge on any atom is 0.203 e. The van der Waals surface area contributed by atoms with Crippen LogP contribution in [0.5, 0.6) is 17.2 Å². The topological polar surface area (TPSA) is 38.7 Å². The molecule has 0 bridgehead atoms. The molecule has 4 heteroatoms. The largest absolute Gasteiger partial charge is 0.504 e. The number of phenolic OH excluding ortho intramolecular Hbond substituents is 1. The Kier molecular flexibility index (Phi) is 2.91. The first-order chi connectivity index (χ1) is 7.20. The van der Waals surface area contributed by atoms with Crippen LogP contribution in [0.15, 0.2) is 12.1 Å². The van der Waals surface area contributed by atoms with Gasteiger partial charge in [0.25, 0.3) is 0 Å². The molecule has 1 aromatic rings. The van der Waals surface area contributed by atoms with Crippen molar-refractivity contribution in [3.05, 3.63) is 17.2 Å². The Bertz CT molecular complexity index is 361.